The molecule has 2 nitrogen and oxygen atoms in total. The third kappa shape index (κ3) is 4.63. The first-order valence-corrected chi connectivity index (χ1v) is 5.55. The molecule has 0 aliphatic heterocycles. The lowest BCUT2D eigenvalue weighted by atomic mass is 10.1. The molecule has 15 heavy (non-hydrogen) atoms. The number of benzene rings is 1. The highest BCUT2D eigenvalue weighted by atomic mass is 16.1. The van der Waals surface area contributed by atoms with Crippen LogP contribution in [0.15, 0.2) is 30.3 Å². The largest absolute Gasteiger partial charge is 0.354 e. The van der Waals surface area contributed by atoms with Gasteiger partial charge < -0.3 is 5.32 Å². The van der Waals surface area contributed by atoms with E-state index in [2.05, 4.69) is 24.4 Å². The minimum Gasteiger partial charge on any atom is -0.354 e. The molecule has 1 atom stereocenters. The van der Waals surface area contributed by atoms with Crippen LogP contribution in [0.3, 0.4) is 0 Å². The highest BCUT2D eigenvalue weighted by molar-refractivity contribution is 5.76. The zero-order valence-electron chi connectivity index (χ0n) is 9.49. The molecule has 0 aliphatic carbocycles. The molecule has 0 spiro atoms. The van der Waals surface area contributed by atoms with Crippen molar-refractivity contribution in [2.45, 2.75) is 39.2 Å². The topological polar surface area (TPSA) is 29.1 Å². The van der Waals surface area contributed by atoms with Crippen LogP contribution in [0, 0.1) is 0 Å². The Hall–Kier alpha value is -1.31. The molecular formula is C13H19NO. The molecule has 1 aromatic rings. The van der Waals surface area contributed by atoms with Crippen molar-refractivity contribution in [3.05, 3.63) is 35.9 Å². The average molecular weight is 205 g/mol. The van der Waals surface area contributed by atoms with Crippen LogP contribution in [-0.4, -0.2) is 11.9 Å². The fourth-order valence-corrected chi connectivity index (χ4v) is 1.35. The summed E-state index contributed by atoms with van der Waals surface area (Å²) in [4.78, 5) is 11.5. The maximum absolute atomic E-state index is 11.5. The number of nitrogens with one attached hydrogen (secondary N) is 1. The molecular weight excluding hydrogens is 186 g/mol. The Kier molecular flexibility index (Phi) is 4.88. The number of aryl methyl sites for hydroxylation is 1. The summed E-state index contributed by atoms with van der Waals surface area (Å²) in [5, 5.41) is 2.96. The summed E-state index contributed by atoms with van der Waals surface area (Å²) in [5.74, 6) is 0.146. The molecule has 0 aliphatic rings. The molecule has 2 heteroatoms. The summed E-state index contributed by atoms with van der Waals surface area (Å²) in [5.41, 5.74) is 1.22. The fourth-order valence-electron chi connectivity index (χ4n) is 1.35. The van der Waals surface area contributed by atoms with E-state index >= 15 is 0 Å². The molecule has 0 radical (unpaired) electrons. The van der Waals surface area contributed by atoms with E-state index in [1.54, 1.807) is 0 Å². The van der Waals surface area contributed by atoms with Crippen molar-refractivity contribution >= 4 is 5.91 Å². The summed E-state index contributed by atoms with van der Waals surface area (Å²) in [6.45, 7) is 4.10. The Bertz CT molecular complexity index is 295. The zero-order valence-corrected chi connectivity index (χ0v) is 9.49. The quantitative estimate of drug-likeness (QED) is 0.786. The van der Waals surface area contributed by atoms with E-state index in [-0.39, 0.29) is 11.9 Å². The van der Waals surface area contributed by atoms with Crippen LogP contribution >= 0.6 is 0 Å². The van der Waals surface area contributed by atoms with Gasteiger partial charge in [0.25, 0.3) is 0 Å². The third-order valence-corrected chi connectivity index (χ3v) is 2.50. The van der Waals surface area contributed by atoms with Crippen molar-refractivity contribution in [2.75, 3.05) is 0 Å². The number of carbonyl (C=O) groups is 1. The Morgan fingerprint density at radius 2 is 2.00 bits per heavy atom. The van der Waals surface area contributed by atoms with E-state index in [1.807, 2.05) is 25.1 Å². The number of hydrogen-bond acceptors (Lipinski definition) is 1. The van der Waals surface area contributed by atoms with Gasteiger partial charge in [-0.3, -0.25) is 4.79 Å². The lowest BCUT2D eigenvalue weighted by Crippen LogP contribution is -2.31. The van der Waals surface area contributed by atoms with Gasteiger partial charge in [0.15, 0.2) is 0 Å². The fraction of sp³-hybridized carbons (Fsp3) is 0.462. The minimum atomic E-state index is 0.146. The van der Waals surface area contributed by atoms with Crippen molar-refractivity contribution in [1.29, 1.82) is 0 Å². The van der Waals surface area contributed by atoms with Crippen LogP contribution in [0.2, 0.25) is 0 Å². The summed E-state index contributed by atoms with van der Waals surface area (Å²) in [6, 6.07) is 10.4. The second-order valence-corrected chi connectivity index (χ2v) is 3.86. The zero-order chi connectivity index (χ0) is 11.1. The predicted octanol–water partition coefficient (Wildman–Crippen LogP) is 2.53. The second-order valence-electron chi connectivity index (χ2n) is 3.86. The van der Waals surface area contributed by atoms with Gasteiger partial charge in [-0.1, -0.05) is 37.3 Å². The number of carbonyl (C=O) groups excluding carboxylic acids is 1. The number of amides is 1. The van der Waals surface area contributed by atoms with E-state index in [0.29, 0.717) is 6.42 Å². The van der Waals surface area contributed by atoms with Crippen LogP contribution in [-0.2, 0) is 11.2 Å². The van der Waals surface area contributed by atoms with Crippen molar-refractivity contribution in [2.24, 2.45) is 0 Å². The van der Waals surface area contributed by atoms with Crippen molar-refractivity contribution in [3.63, 3.8) is 0 Å². The normalized spacial score (nSPS) is 12.1. The first-order chi connectivity index (χ1) is 7.22. The second kappa shape index (κ2) is 6.23. The first-order valence-electron chi connectivity index (χ1n) is 5.55. The van der Waals surface area contributed by atoms with Gasteiger partial charge in [-0.15, -0.1) is 0 Å². The van der Waals surface area contributed by atoms with Crippen LogP contribution in [0.4, 0.5) is 0 Å². The Morgan fingerprint density at radius 1 is 1.33 bits per heavy atom. The minimum absolute atomic E-state index is 0.146. The molecule has 82 valence electrons. The third-order valence-electron chi connectivity index (χ3n) is 2.50. The van der Waals surface area contributed by atoms with Crippen LogP contribution in [0.5, 0.6) is 0 Å². The Labute approximate surface area is 91.7 Å². The van der Waals surface area contributed by atoms with Gasteiger partial charge in [-0.05, 0) is 25.3 Å². The van der Waals surface area contributed by atoms with Gasteiger partial charge in [0.05, 0.1) is 0 Å². The first kappa shape index (κ1) is 11.8. The smallest absolute Gasteiger partial charge is 0.220 e. The van der Waals surface area contributed by atoms with Gasteiger partial charge in [-0.25, -0.2) is 0 Å². The summed E-state index contributed by atoms with van der Waals surface area (Å²) in [6.07, 6.45) is 2.38. The van der Waals surface area contributed by atoms with Gasteiger partial charge >= 0.3 is 0 Å². The van der Waals surface area contributed by atoms with Crippen molar-refractivity contribution in [3.8, 4) is 0 Å². The molecule has 0 fully saturated rings. The summed E-state index contributed by atoms with van der Waals surface area (Å²) < 4.78 is 0. The molecule has 0 saturated carbocycles. The van der Waals surface area contributed by atoms with E-state index in [1.165, 1.54) is 5.56 Å². The lowest BCUT2D eigenvalue weighted by Gasteiger charge is -2.10. The molecule has 0 saturated heterocycles. The summed E-state index contributed by atoms with van der Waals surface area (Å²) in [7, 11) is 0. The monoisotopic (exact) mass is 205 g/mol. The van der Waals surface area contributed by atoms with E-state index in [9.17, 15) is 4.79 Å². The highest BCUT2D eigenvalue weighted by Gasteiger charge is 2.04. The van der Waals surface area contributed by atoms with Crippen LogP contribution in [0.1, 0.15) is 32.3 Å². The standard InChI is InChI=1S/C13H19NO/c1-3-11(2)14-13(15)10-9-12-7-5-4-6-8-12/h4-8,11H,3,9-10H2,1-2H3,(H,14,15)/t11-/m1/s1. The Morgan fingerprint density at radius 3 is 2.60 bits per heavy atom. The van der Waals surface area contributed by atoms with Gasteiger partial charge in [0.1, 0.15) is 0 Å². The molecule has 0 heterocycles. The van der Waals surface area contributed by atoms with E-state index < -0.39 is 0 Å². The molecule has 0 aromatic heterocycles. The van der Waals surface area contributed by atoms with Gasteiger partial charge in [-0.2, -0.15) is 0 Å². The summed E-state index contributed by atoms with van der Waals surface area (Å²) >= 11 is 0. The molecule has 1 rings (SSSR count). The maximum Gasteiger partial charge on any atom is 0.220 e. The van der Waals surface area contributed by atoms with E-state index in [0.717, 1.165) is 12.8 Å². The molecule has 1 aromatic carbocycles. The van der Waals surface area contributed by atoms with Crippen LogP contribution in [0.25, 0.3) is 0 Å². The molecule has 1 amide bonds. The van der Waals surface area contributed by atoms with E-state index in [4.69, 9.17) is 0 Å². The molecule has 0 bridgehead atoms. The lowest BCUT2D eigenvalue weighted by molar-refractivity contribution is -0.121. The number of rotatable bonds is 5. The molecule has 1 N–H and O–H groups in total. The highest BCUT2D eigenvalue weighted by Crippen LogP contribution is 2.02. The van der Waals surface area contributed by atoms with Crippen molar-refractivity contribution < 1.29 is 4.79 Å². The molecule has 0 unspecified atom stereocenters. The van der Waals surface area contributed by atoms with Crippen molar-refractivity contribution in [1.82, 2.24) is 5.32 Å². The van der Waals surface area contributed by atoms with Gasteiger partial charge in [0, 0.05) is 12.5 Å². The van der Waals surface area contributed by atoms with Gasteiger partial charge in [0.2, 0.25) is 5.91 Å². The SMILES string of the molecule is CC[C@@H](C)NC(=O)CCc1ccccc1. The van der Waals surface area contributed by atoms with Crippen LogP contribution < -0.4 is 5.32 Å². The average Bonchev–Trinajstić information content (AvgIpc) is 2.27. The number of hydrogen-bond donors (Lipinski definition) is 1. The maximum atomic E-state index is 11.5. The predicted molar refractivity (Wildman–Crippen MR) is 62.7 cm³/mol. The Balaban J connectivity index is 2.29.